The Morgan fingerprint density at radius 3 is 2.37 bits per heavy atom. The first kappa shape index (κ1) is 37.3. The number of carbonyl (C=O) groups is 3. The second-order valence-corrected chi connectivity index (χ2v) is 19.9. The summed E-state index contributed by atoms with van der Waals surface area (Å²) in [7, 11) is 0.756. The van der Waals surface area contributed by atoms with Crippen molar-refractivity contribution in [1.82, 2.24) is 4.90 Å². The first-order chi connectivity index (χ1) is 26.0. The second kappa shape index (κ2) is 15.0. The second-order valence-electron chi connectivity index (χ2n) is 15.2. The normalized spacial score (nSPS) is 23.5. The standard InChI is InChI=1S/C43H49N3O7Si/c1-28-40(54(4,5)35-19-16-33(51-2)17-20-35)38(25-39(48)45-22-10-15-32(45)27-47)53-43(28)36-24-34(52-3)18-21-37(36)46(42(43)50)26-29-11-9-14-31(23-29)44-41(49)30-12-7-6-8-13-30/h6-9,11-14,16-21,23-24,28,32,38,40,47H,10,15,22,25-27H2,1-5H3,(H,44,49)/t28-,32+,38+,40-,43+/m1/s1. The summed E-state index contributed by atoms with van der Waals surface area (Å²) in [5, 5.41) is 14.2. The molecule has 5 atom stereocenters. The lowest BCUT2D eigenvalue weighted by molar-refractivity contribution is -0.150. The Hall–Kier alpha value is -4.97. The molecule has 0 aliphatic carbocycles. The number of rotatable bonds is 11. The molecule has 0 bridgehead atoms. The molecule has 10 nitrogen and oxygen atoms in total. The summed E-state index contributed by atoms with van der Waals surface area (Å²) in [5.41, 5.74) is 1.94. The zero-order chi connectivity index (χ0) is 38.2. The SMILES string of the molecule is COc1ccc([Si](C)(C)[C@H]2[C@H](CC(=O)N3CCC[C@H]3CO)O[C@@]3(C(=O)N(Cc4cccc(NC(=O)c5ccccc5)c4)c4ccc(OC)cc43)[C@@H]2C)cc1. The quantitative estimate of drug-likeness (QED) is 0.178. The zero-order valence-corrected chi connectivity index (χ0v) is 32.6. The van der Waals surface area contributed by atoms with Crippen molar-refractivity contribution in [1.29, 1.82) is 0 Å². The Morgan fingerprint density at radius 2 is 1.67 bits per heavy atom. The first-order valence-corrected chi connectivity index (χ1v) is 21.8. The van der Waals surface area contributed by atoms with Crippen molar-refractivity contribution in [2.75, 3.05) is 37.6 Å². The third-order valence-corrected chi connectivity index (χ3v) is 16.2. The highest BCUT2D eigenvalue weighted by Crippen LogP contribution is 2.60. The van der Waals surface area contributed by atoms with E-state index in [1.807, 2.05) is 72.8 Å². The molecule has 0 saturated carbocycles. The van der Waals surface area contributed by atoms with Gasteiger partial charge in [0.25, 0.3) is 11.8 Å². The summed E-state index contributed by atoms with van der Waals surface area (Å²) in [5.74, 6) is 0.585. The van der Waals surface area contributed by atoms with Crippen molar-refractivity contribution in [3.63, 3.8) is 0 Å². The highest BCUT2D eigenvalue weighted by Gasteiger charge is 2.66. The number of nitrogens with zero attached hydrogens (tertiary/aromatic N) is 2. The Balaban J connectivity index is 1.26. The summed E-state index contributed by atoms with van der Waals surface area (Å²) in [6, 6.07) is 30.2. The van der Waals surface area contributed by atoms with E-state index in [9.17, 15) is 14.7 Å². The molecule has 3 amide bonds. The topological polar surface area (TPSA) is 118 Å². The lowest BCUT2D eigenvalue weighted by Gasteiger charge is -2.37. The number of hydrogen-bond donors (Lipinski definition) is 2. The summed E-state index contributed by atoms with van der Waals surface area (Å²) in [6.07, 6.45) is 1.16. The molecule has 3 aliphatic heterocycles. The first-order valence-electron chi connectivity index (χ1n) is 18.7. The van der Waals surface area contributed by atoms with Gasteiger partial charge in [0.15, 0.2) is 5.60 Å². The molecule has 7 rings (SSSR count). The monoisotopic (exact) mass is 747 g/mol. The molecule has 2 fully saturated rings. The van der Waals surface area contributed by atoms with Crippen LogP contribution in [0.15, 0.2) is 97.1 Å². The number of benzene rings is 4. The van der Waals surface area contributed by atoms with Crippen molar-refractivity contribution in [2.24, 2.45) is 5.92 Å². The van der Waals surface area contributed by atoms with Gasteiger partial charge in [0.2, 0.25) is 5.91 Å². The van der Waals surface area contributed by atoms with Crippen LogP contribution in [0.25, 0.3) is 0 Å². The number of nitrogens with one attached hydrogen (secondary N) is 1. The lowest BCUT2D eigenvalue weighted by atomic mass is 9.82. The predicted octanol–water partition coefficient (Wildman–Crippen LogP) is 6.09. The van der Waals surface area contributed by atoms with Crippen molar-refractivity contribution in [3.05, 3.63) is 114 Å². The van der Waals surface area contributed by atoms with E-state index in [1.165, 1.54) is 5.19 Å². The fourth-order valence-electron chi connectivity index (χ4n) is 9.14. The highest BCUT2D eigenvalue weighted by atomic mass is 28.3. The summed E-state index contributed by atoms with van der Waals surface area (Å²) in [6.45, 7) is 7.45. The molecule has 282 valence electrons. The molecular weight excluding hydrogens is 699 g/mol. The smallest absolute Gasteiger partial charge is 0.264 e. The van der Waals surface area contributed by atoms with Crippen molar-refractivity contribution in [3.8, 4) is 11.5 Å². The number of methoxy groups -OCH3 is 2. The van der Waals surface area contributed by atoms with Crippen LogP contribution in [0.5, 0.6) is 11.5 Å². The number of aliphatic hydroxyl groups is 1. The van der Waals surface area contributed by atoms with Crippen LogP contribution in [0.4, 0.5) is 11.4 Å². The van der Waals surface area contributed by atoms with Crippen LogP contribution in [0, 0.1) is 5.92 Å². The van der Waals surface area contributed by atoms with Crippen molar-refractivity contribution >= 4 is 42.4 Å². The zero-order valence-electron chi connectivity index (χ0n) is 31.6. The van der Waals surface area contributed by atoms with E-state index in [-0.39, 0.29) is 54.8 Å². The van der Waals surface area contributed by atoms with Crippen LogP contribution in [-0.4, -0.2) is 75.3 Å². The number of fused-ring (bicyclic) bond motifs is 2. The molecular formula is C43H49N3O7Si. The molecule has 11 heteroatoms. The van der Waals surface area contributed by atoms with Gasteiger partial charge in [-0.2, -0.15) is 0 Å². The minimum absolute atomic E-state index is 0.0622. The largest absolute Gasteiger partial charge is 0.497 e. The Labute approximate surface area is 318 Å². The van der Waals surface area contributed by atoms with Crippen LogP contribution < -0.4 is 24.9 Å². The predicted molar refractivity (Wildman–Crippen MR) is 211 cm³/mol. The minimum Gasteiger partial charge on any atom is -0.497 e. The molecule has 0 radical (unpaired) electrons. The van der Waals surface area contributed by atoms with E-state index >= 15 is 4.79 Å². The Kier molecular flexibility index (Phi) is 10.4. The number of anilines is 2. The van der Waals surface area contributed by atoms with Crippen LogP contribution in [0.2, 0.25) is 18.6 Å². The number of aliphatic hydroxyl groups excluding tert-OH is 1. The van der Waals surface area contributed by atoms with Gasteiger partial charge in [0.05, 0.1) is 59.7 Å². The van der Waals surface area contributed by atoms with E-state index in [2.05, 4.69) is 37.5 Å². The fourth-order valence-corrected chi connectivity index (χ4v) is 13.2. The van der Waals surface area contributed by atoms with Crippen LogP contribution in [0.3, 0.4) is 0 Å². The molecule has 4 aromatic carbocycles. The molecule has 0 aromatic heterocycles. The summed E-state index contributed by atoms with van der Waals surface area (Å²) in [4.78, 5) is 45.9. The third kappa shape index (κ3) is 6.58. The molecule has 54 heavy (non-hydrogen) atoms. The molecule has 4 aromatic rings. The molecule has 2 N–H and O–H groups in total. The average molecular weight is 748 g/mol. The summed E-state index contributed by atoms with van der Waals surface area (Å²) >= 11 is 0. The third-order valence-electron chi connectivity index (χ3n) is 11.9. The number of hydrogen-bond acceptors (Lipinski definition) is 7. The lowest BCUT2D eigenvalue weighted by Crippen LogP contribution is -2.52. The van der Waals surface area contributed by atoms with E-state index in [0.29, 0.717) is 23.5 Å². The average Bonchev–Trinajstić information content (AvgIpc) is 3.85. The number of amides is 3. The van der Waals surface area contributed by atoms with Crippen molar-refractivity contribution < 1.29 is 33.7 Å². The fraction of sp³-hybridized carbons (Fsp3) is 0.372. The van der Waals surface area contributed by atoms with Gasteiger partial charge in [-0.15, -0.1) is 0 Å². The van der Waals surface area contributed by atoms with Crippen LogP contribution in [-0.2, 0) is 26.5 Å². The van der Waals surface area contributed by atoms with E-state index in [0.717, 1.165) is 35.4 Å². The Morgan fingerprint density at radius 1 is 0.944 bits per heavy atom. The van der Waals surface area contributed by atoms with E-state index in [4.69, 9.17) is 14.2 Å². The minimum atomic E-state index is -2.50. The van der Waals surface area contributed by atoms with E-state index < -0.39 is 19.8 Å². The molecule has 1 spiro atoms. The van der Waals surface area contributed by atoms with E-state index in [1.54, 1.807) is 36.2 Å². The molecule has 3 heterocycles. The Bertz CT molecular complexity index is 2020. The van der Waals surface area contributed by atoms with Gasteiger partial charge in [-0.3, -0.25) is 14.4 Å². The molecule has 3 aliphatic rings. The molecule has 2 saturated heterocycles. The summed E-state index contributed by atoms with van der Waals surface area (Å²) < 4.78 is 18.4. The number of ether oxygens (including phenoxy) is 3. The van der Waals surface area contributed by atoms with Crippen LogP contribution >= 0.6 is 0 Å². The molecule has 0 unspecified atom stereocenters. The van der Waals surface area contributed by atoms with Crippen LogP contribution in [0.1, 0.15) is 47.7 Å². The van der Waals surface area contributed by atoms with Gasteiger partial charge in [0, 0.05) is 29.3 Å². The highest BCUT2D eigenvalue weighted by molar-refractivity contribution is 6.91. The van der Waals surface area contributed by atoms with Gasteiger partial charge in [-0.05, 0) is 78.5 Å². The van der Waals surface area contributed by atoms with Gasteiger partial charge in [0.1, 0.15) is 11.5 Å². The van der Waals surface area contributed by atoms with Crippen molar-refractivity contribution in [2.45, 2.75) is 69.1 Å². The van der Waals surface area contributed by atoms with Gasteiger partial charge < -0.3 is 34.4 Å². The van der Waals surface area contributed by atoms with Gasteiger partial charge in [-0.25, -0.2) is 0 Å². The number of carbonyl (C=O) groups excluding carboxylic acids is 3. The maximum absolute atomic E-state index is 15.3. The number of likely N-dealkylation sites (tertiary alicyclic amines) is 1. The van der Waals surface area contributed by atoms with Gasteiger partial charge in [-0.1, -0.05) is 67.7 Å². The maximum Gasteiger partial charge on any atom is 0.264 e. The van der Waals surface area contributed by atoms with Gasteiger partial charge >= 0.3 is 0 Å². The maximum atomic E-state index is 15.3.